The lowest BCUT2D eigenvalue weighted by Gasteiger charge is -2.03. The fourth-order valence-electron chi connectivity index (χ4n) is 1.01. The highest BCUT2D eigenvalue weighted by Crippen LogP contribution is 1.85. The van der Waals surface area contributed by atoms with Crippen molar-refractivity contribution in [1.82, 2.24) is 10.6 Å². The van der Waals surface area contributed by atoms with Crippen LogP contribution in [0.3, 0.4) is 0 Å². The molecule has 0 unspecified atom stereocenters. The highest BCUT2D eigenvalue weighted by atomic mass is 14.9. The molecule has 0 saturated heterocycles. The van der Waals surface area contributed by atoms with Crippen molar-refractivity contribution in [3.05, 3.63) is 12.7 Å². The van der Waals surface area contributed by atoms with Gasteiger partial charge in [0.25, 0.3) is 0 Å². The zero-order valence-electron chi connectivity index (χ0n) is 8.23. The second-order valence-electron chi connectivity index (χ2n) is 2.89. The Morgan fingerprint density at radius 1 is 1.08 bits per heavy atom. The minimum absolute atomic E-state index is 1.08. The molecule has 0 saturated carbocycles. The van der Waals surface area contributed by atoms with E-state index in [2.05, 4.69) is 24.1 Å². The lowest BCUT2D eigenvalue weighted by molar-refractivity contribution is 0.595. The molecule has 0 radical (unpaired) electrons. The molecule has 2 heteroatoms. The molecule has 0 bridgehead atoms. The summed E-state index contributed by atoms with van der Waals surface area (Å²) in [5.74, 6) is 0. The van der Waals surface area contributed by atoms with E-state index in [0.717, 1.165) is 32.6 Å². The van der Waals surface area contributed by atoms with Crippen molar-refractivity contribution < 1.29 is 0 Å². The van der Waals surface area contributed by atoms with Gasteiger partial charge < -0.3 is 10.6 Å². The third-order valence-corrected chi connectivity index (χ3v) is 1.72. The summed E-state index contributed by atoms with van der Waals surface area (Å²) >= 11 is 0. The Balaban J connectivity index is 2.77. The molecule has 0 spiro atoms. The molecule has 0 aliphatic rings. The average Bonchev–Trinajstić information content (AvgIpc) is 2.10. The van der Waals surface area contributed by atoms with Gasteiger partial charge in [-0.05, 0) is 45.4 Å². The van der Waals surface area contributed by atoms with Crippen LogP contribution in [0.5, 0.6) is 0 Å². The highest BCUT2D eigenvalue weighted by Gasteiger charge is 1.86. The number of hydrogen-bond donors (Lipinski definition) is 2. The van der Waals surface area contributed by atoms with Crippen LogP contribution in [0.25, 0.3) is 0 Å². The molecule has 0 amide bonds. The van der Waals surface area contributed by atoms with E-state index >= 15 is 0 Å². The maximum Gasteiger partial charge on any atom is -0.00368 e. The molecule has 2 N–H and O–H groups in total. The Hall–Kier alpha value is -0.340. The first-order valence-corrected chi connectivity index (χ1v) is 4.94. The van der Waals surface area contributed by atoms with Crippen molar-refractivity contribution >= 4 is 0 Å². The van der Waals surface area contributed by atoms with Gasteiger partial charge in [0, 0.05) is 0 Å². The van der Waals surface area contributed by atoms with Crippen molar-refractivity contribution in [1.29, 1.82) is 0 Å². The molecular weight excluding hydrogens is 148 g/mol. The van der Waals surface area contributed by atoms with Crippen molar-refractivity contribution in [3.8, 4) is 0 Å². The molecule has 0 aliphatic carbocycles. The highest BCUT2D eigenvalue weighted by molar-refractivity contribution is 4.66. The molecular formula is C10H22N2. The fraction of sp³-hybridized carbons (Fsp3) is 0.800. The Labute approximate surface area is 76.4 Å². The van der Waals surface area contributed by atoms with Crippen LogP contribution in [-0.2, 0) is 0 Å². The Kier molecular flexibility index (Phi) is 10.4. The first-order valence-electron chi connectivity index (χ1n) is 4.94. The molecule has 0 aliphatic heterocycles. The molecule has 0 rings (SSSR count). The summed E-state index contributed by atoms with van der Waals surface area (Å²) in [6.45, 7) is 10.3. The molecule has 0 aromatic rings. The van der Waals surface area contributed by atoms with Crippen LogP contribution in [0.4, 0.5) is 0 Å². The van der Waals surface area contributed by atoms with Crippen LogP contribution >= 0.6 is 0 Å². The Morgan fingerprint density at radius 2 is 1.75 bits per heavy atom. The van der Waals surface area contributed by atoms with Crippen LogP contribution < -0.4 is 10.6 Å². The number of nitrogens with one attached hydrogen (secondary N) is 2. The molecule has 0 aromatic heterocycles. The molecule has 0 heterocycles. The van der Waals surface area contributed by atoms with E-state index < -0.39 is 0 Å². The van der Waals surface area contributed by atoms with Gasteiger partial charge in [-0.25, -0.2) is 0 Å². The molecule has 0 atom stereocenters. The molecule has 12 heavy (non-hydrogen) atoms. The molecule has 0 fully saturated rings. The van der Waals surface area contributed by atoms with Crippen molar-refractivity contribution in [2.24, 2.45) is 0 Å². The van der Waals surface area contributed by atoms with Gasteiger partial charge in [-0.1, -0.05) is 13.0 Å². The van der Waals surface area contributed by atoms with Crippen molar-refractivity contribution in [3.63, 3.8) is 0 Å². The van der Waals surface area contributed by atoms with Crippen LogP contribution in [0.2, 0.25) is 0 Å². The molecule has 0 aromatic carbocycles. The first kappa shape index (κ1) is 11.7. The third kappa shape index (κ3) is 9.66. The predicted octanol–water partition coefficient (Wildman–Crippen LogP) is 1.54. The Morgan fingerprint density at radius 3 is 2.42 bits per heavy atom. The van der Waals surface area contributed by atoms with Crippen LogP contribution in [0.15, 0.2) is 12.7 Å². The summed E-state index contributed by atoms with van der Waals surface area (Å²) in [6, 6.07) is 0. The Bertz CT molecular complexity index is 91.8. The monoisotopic (exact) mass is 170 g/mol. The summed E-state index contributed by atoms with van der Waals surface area (Å²) < 4.78 is 0. The zero-order valence-corrected chi connectivity index (χ0v) is 8.23. The summed E-state index contributed by atoms with van der Waals surface area (Å²) in [4.78, 5) is 0. The van der Waals surface area contributed by atoms with Gasteiger partial charge in [0.1, 0.15) is 0 Å². The van der Waals surface area contributed by atoms with Gasteiger partial charge >= 0.3 is 0 Å². The number of hydrogen-bond acceptors (Lipinski definition) is 2. The SMILES string of the molecule is C=CCCCNCCCNCC. The van der Waals surface area contributed by atoms with E-state index in [1.54, 1.807) is 0 Å². The molecule has 72 valence electrons. The van der Waals surface area contributed by atoms with E-state index in [-0.39, 0.29) is 0 Å². The summed E-state index contributed by atoms with van der Waals surface area (Å²) in [6.07, 6.45) is 5.53. The number of unbranched alkanes of at least 4 members (excludes halogenated alkanes) is 1. The minimum Gasteiger partial charge on any atom is -0.317 e. The fourth-order valence-corrected chi connectivity index (χ4v) is 1.01. The van der Waals surface area contributed by atoms with Crippen LogP contribution in [-0.4, -0.2) is 26.2 Å². The second kappa shape index (κ2) is 10.7. The molecule has 2 nitrogen and oxygen atoms in total. The van der Waals surface area contributed by atoms with E-state index in [4.69, 9.17) is 0 Å². The maximum absolute atomic E-state index is 3.68. The smallest absolute Gasteiger partial charge is 0.00368 e. The summed E-state index contributed by atoms with van der Waals surface area (Å²) in [7, 11) is 0. The summed E-state index contributed by atoms with van der Waals surface area (Å²) in [5.41, 5.74) is 0. The third-order valence-electron chi connectivity index (χ3n) is 1.72. The normalized spacial score (nSPS) is 10.1. The van der Waals surface area contributed by atoms with E-state index in [0.29, 0.717) is 0 Å². The quantitative estimate of drug-likeness (QED) is 0.405. The standard InChI is InChI=1S/C10H22N2/c1-3-5-6-8-12-10-7-9-11-4-2/h3,11-12H,1,4-10H2,2H3. The van der Waals surface area contributed by atoms with Gasteiger partial charge in [0.05, 0.1) is 0 Å². The van der Waals surface area contributed by atoms with Crippen LogP contribution in [0.1, 0.15) is 26.2 Å². The van der Waals surface area contributed by atoms with E-state index in [9.17, 15) is 0 Å². The maximum atomic E-state index is 3.68. The second-order valence-corrected chi connectivity index (χ2v) is 2.89. The van der Waals surface area contributed by atoms with Gasteiger partial charge in [-0.15, -0.1) is 6.58 Å². The lowest BCUT2D eigenvalue weighted by atomic mass is 10.3. The van der Waals surface area contributed by atoms with Gasteiger partial charge in [-0.3, -0.25) is 0 Å². The summed E-state index contributed by atoms with van der Waals surface area (Å²) in [5, 5.41) is 6.69. The van der Waals surface area contributed by atoms with E-state index in [1.165, 1.54) is 12.8 Å². The zero-order chi connectivity index (χ0) is 9.07. The topological polar surface area (TPSA) is 24.1 Å². The first-order chi connectivity index (χ1) is 5.91. The minimum atomic E-state index is 1.08. The predicted molar refractivity (Wildman–Crippen MR) is 55.5 cm³/mol. The average molecular weight is 170 g/mol. The lowest BCUT2D eigenvalue weighted by Crippen LogP contribution is -2.22. The van der Waals surface area contributed by atoms with Crippen molar-refractivity contribution in [2.75, 3.05) is 26.2 Å². The van der Waals surface area contributed by atoms with E-state index in [1.807, 2.05) is 6.08 Å². The van der Waals surface area contributed by atoms with Gasteiger partial charge in [0.15, 0.2) is 0 Å². The van der Waals surface area contributed by atoms with Crippen LogP contribution in [0, 0.1) is 0 Å². The van der Waals surface area contributed by atoms with Gasteiger partial charge in [0.2, 0.25) is 0 Å². The number of allylic oxidation sites excluding steroid dienone is 1. The van der Waals surface area contributed by atoms with Gasteiger partial charge in [-0.2, -0.15) is 0 Å². The largest absolute Gasteiger partial charge is 0.317 e. The number of rotatable bonds is 9. The van der Waals surface area contributed by atoms with Crippen molar-refractivity contribution in [2.45, 2.75) is 26.2 Å².